The first-order valence-electron chi connectivity index (χ1n) is 10.3. The molecule has 0 radical (unpaired) electrons. The molecule has 1 aliphatic carbocycles. The predicted octanol–water partition coefficient (Wildman–Crippen LogP) is 5.08. The zero-order chi connectivity index (χ0) is 20.4. The van der Waals surface area contributed by atoms with Crippen LogP contribution in [0.1, 0.15) is 72.1 Å². The van der Waals surface area contributed by atoms with Gasteiger partial charge in [0.1, 0.15) is 0 Å². The molecule has 0 saturated heterocycles. The topological polar surface area (TPSA) is 77.8 Å². The van der Waals surface area contributed by atoms with Gasteiger partial charge in [0.15, 0.2) is 0 Å². The van der Waals surface area contributed by atoms with Crippen molar-refractivity contribution >= 4 is 21.9 Å². The van der Waals surface area contributed by atoms with E-state index in [1.807, 2.05) is 19.1 Å². The fourth-order valence-corrected chi connectivity index (χ4v) is 4.74. The van der Waals surface area contributed by atoms with Crippen LogP contribution >= 0.6 is 15.9 Å². The Morgan fingerprint density at radius 1 is 1.22 bits per heavy atom. The zero-order valence-electron chi connectivity index (χ0n) is 17.0. The van der Waals surface area contributed by atoms with E-state index in [-0.39, 0.29) is 24.4 Å². The van der Waals surface area contributed by atoms with Gasteiger partial charge in [-0.05, 0) is 51.4 Å². The lowest BCUT2D eigenvalue weighted by Gasteiger charge is -2.22. The van der Waals surface area contributed by atoms with Gasteiger partial charge in [-0.25, -0.2) is 0 Å². The van der Waals surface area contributed by atoms with E-state index in [0.29, 0.717) is 10.7 Å². The molecular weight excluding hydrogens is 408 g/mol. The highest BCUT2D eigenvalue weighted by atomic mass is 79.9. The van der Waals surface area contributed by atoms with E-state index in [9.17, 15) is 15.0 Å². The van der Waals surface area contributed by atoms with Crippen molar-refractivity contribution in [2.45, 2.75) is 89.2 Å². The standard InChI is InChI=1S/C22H37BrO4/c1-15(2)10-11-16(3)20(24)13-12-18-17(19(23)14-21(18)25)8-6-4-5-7-9-22(26)27/h10,12-13,16-21,24-25H,4-9,11,14H2,1-3H3,(H,26,27)/b13-12+/t16?,17-,18-,19?,20-,21-/m1/s1. The maximum Gasteiger partial charge on any atom is 0.303 e. The second-order valence-corrected chi connectivity index (χ2v) is 9.45. The highest BCUT2D eigenvalue weighted by molar-refractivity contribution is 9.09. The summed E-state index contributed by atoms with van der Waals surface area (Å²) in [5.74, 6) is -0.145. The van der Waals surface area contributed by atoms with Crippen LogP contribution < -0.4 is 0 Å². The molecule has 0 aromatic carbocycles. The van der Waals surface area contributed by atoms with Gasteiger partial charge in [-0.2, -0.15) is 0 Å². The third-order valence-corrected chi connectivity index (χ3v) is 6.61. The maximum absolute atomic E-state index is 10.5. The average Bonchev–Trinajstić information content (AvgIpc) is 2.86. The van der Waals surface area contributed by atoms with Gasteiger partial charge >= 0.3 is 5.97 Å². The molecule has 0 amide bonds. The molecule has 1 rings (SSSR count). The summed E-state index contributed by atoms with van der Waals surface area (Å²) in [6.07, 6.45) is 11.7. The van der Waals surface area contributed by atoms with E-state index in [1.165, 1.54) is 5.57 Å². The van der Waals surface area contributed by atoms with E-state index in [2.05, 4.69) is 35.9 Å². The second kappa shape index (κ2) is 12.7. The van der Waals surface area contributed by atoms with Crippen molar-refractivity contribution in [2.75, 3.05) is 0 Å². The molecule has 1 saturated carbocycles. The van der Waals surface area contributed by atoms with Crippen molar-refractivity contribution in [2.24, 2.45) is 17.8 Å². The number of carbonyl (C=O) groups is 1. The summed E-state index contributed by atoms with van der Waals surface area (Å²) in [5.41, 5.74) is 1.26. The molecule has 0 aromatic rings. The van der Waals surface area contributed by atoms with Crippen molar-refractivity contribution in [3.63, 3.8) is 0 Å². The van der Waals surface area contributed by atoms with Gasteiger partial charge < -0.3 is 15.3 Å². The number of aliphatic hydroxyl groups is 2. The van der Waals surface area contributed by atoms with Gasteiger partial charge in [-0.15, -0.1) is 0 Å². The minimum atomic E-state index is -0.725. The average molecular weight is 445 g/mol. The van der Waals surface area contributed by atoms with Gasteiger partial charge in [-0.1, -0.05) is 65.9 Å². The van der Waals surface area contributed by atoms with Gasteiger partial charge in [0, 0.05) is 17.2 Å². The number of halogens is 1. The minimum absolute atomic E-state index is 0.0682. The molecule has 5 heteroatoms. The summed E-state index contributed by atoms with van der Waals surface area (Å²) in [6, 6.07) is 0. The monoisotopic (exact) mass is 444 g/mol. The molecule has 0 spiro atoms. The number of carboxylic acids is 1. The zero-order valence-corrected chi connectivity index (χ0v) is 18.6. The fraction of sp³-hybridized carbons (Fsp3) is 0.773. The highest BCUT2D eigenvalue weighted by Gasteiger charge is 2.39. The lowest BCUT2D eigenvalue weighted by atomic mass is 9.88. The first-order valence-corrected chi connectivity index (χ1v) is 11.2. The Morgan fingerprint density at radius 2 is 1.89 bits per heavy atom. The van der Waals surface area contributed by atoms with Crippen LogP contribution in [0.15, 0.2) is 23.8 Å². The Balaban J connectivity index is 2.50. The number of rotatable bonds is 12. The van der Waals surface area contributed by atoms with Crippen LogP contribution in [-0.2, 0) is 4.79 Å². The first kappa shape index (κ1) is 24.4. The molecular formula is C22H37BrO4. The quantitative estimate of drug-likeness (QED) is 0.222. The highest BCUT2D eigenvalue weighted by Crippen LogP contribution is 2.41. The molecule has 0 bridgehead atoms. The summed E-state index contributed by atoms with van der Waals surface area (Å²) < 4.78 is 0. The van der Waals surface area contributed by atoms with Crippen LogP contribution in [0.2, 0.25) is 0 Å². The molecule has 6 atom stereocenters. The summed E-state index contributed by atoms with van der Waals surface area (Å²) in [5, 5.41) is 29.5. The normalized spacial score (nSPS) is 27.6. The molecule has 1 aliphatic rings. The van der Waals surface area contributed by atoms with E-state index >= 15 is 0 Å². The number of allylic oxidation sites excluding steroid dienone is 2. The largest absolute Gasteiger partial charge is 0.481 e. The van der Waals surface area contributed by atoms with Crippen molar-refractivity contribution in [1.29, 1.82) is 0 Å². The Kier molecular flexibility index (Phi) is 11.5. The molecule has 156 valence electrons. The van der Waals surface area contributed by atoms with E-state index in [1.54, 1.807) is 0 Å². The lowest BCUT2D eigenvalue weighted by Crippen LogP contribution is -2.20. The van der Waals surface area contributed by atoms with Crippen LogP contribution in [0.25, 0.3) is 0 Å². The lowest BCUT2D eigenvalue weighted by molar-refractivity contribution is -0.137. The number of hydrogen-bond donors (Lipinski definition) is 3. The van der Waals surface area contributed by atoms with E-state index in [0.717, 1.165) is 44.9 Å². The predicted molar refractivity (Wildman–Crippen MR) is 114 cm³/mol. The number of hydrogen-bond acceptors (Lipinski definition) is 3. The fourth-order valence-electron chi connectivity index (χ4n) is 3.74. The summed E-state index contributed by atoms with van der Waals surface area (Å²) in [6.45, 7) is 6.17. The molecule has 3 N–H and O–H groups in total. The van der Waals surface area contributed by atoms with Gasteiger partial charge in [0.25, 0.3) is 0 Å². The van der Waals surface area contributed by atoms with Gasteiger partial charge in [-0.3, -0.25) is 4.79 Å². The Labute approximate surface area is 172 Å². The van der Waals surface area contributed by atoms with Crippen molar-refractivity contribution < 1.29 is 20.1 Å². The smallest absolute Gasteiger partial charge is 0.303 e. The minimum Gasteiger partial charge on any atom is -0.481 e. The molecule has 0 aromatic heterocycles. The van der Waals surface area contributed by atoms with Gasteiger partial charge in [0.2, 0.25) is 0 Å². The van der Waals surface area contributed by atoms with Crippen LogP contribution in [0.4, 0.5) is 0 Å². The van der Waals surface area contributed by atoms with Gasteiger partial charge in [0.05, 0.1) is 12.2 Å². The Morgan fingerprint density at radius 3 is 2.52 bits per heavy atom. The van der Waals surface area contributed by atoms with Crippen LogP contribution in [0.3, 0.4) is 0 Å². The second-order valence-electron chi connectivity index (χ2n) is 8.28. The van der Waals surface area contributed by atoms with Crippen LogP contribution in [-0.4, -0.2) is 38.3 Å². The third kappa shape index (κ3) is 9.40. The van der Waals surface area contributed by atoms with Crippen LogP contribution in [0.5, 0.6) is 0 Å². The molecule has 27 heavy (non-hydrogen) atoms. The number of unbranched alkanes of at least 4 members (excludes halogenated alkanes) is 3. The Hall–Kier alpha value is -0.650. The number of alkyl halides is 1. The van der Waals surface area contributed by atoms with Crippen molar-refractivity contribution in [3.8, 4) is 0 Å². The molecule has 0 aliphatic heterocycles. The third-order valence-electron chi connectivity index (χ3n) is 5.56. The molecule has 2 unspecified atom stereocenters. The number of aliphatic carboxylic acids is 1. The Bertz CT molecular complexity index is 499. The van der Waals surface area contributed by atoms with E-state index in [4.69, 9.17) is 5.11 Å². The number of aliphatic hydroxyl groups excluding tert-OH is 2. The molecule has 1 fully saturated rings. The first-order chi connectivity index (χ1) is 12.7. The molecule has 0 heterocycles. The molecule has 4 nitrogen and oxygen atoms in total. The maximum atomic E-state index is 10.5. The van der Waals surface area contributed by atoms with E-state index < -0.39 is 12.1 Å². The number of carboxylic acid groups (broad SMARTS) is 1. The van der Waals surface area contributed by atoms with Crippen molar-refractivity contribution in [1.82, 2.24) is 0 Å². The van der Waals surface area contributed by atoms with Crippen LogP contribution in [0, 0.1) is 17.8 Å². The summed E-state index contributed by atoms with van der Waals surface area (Å²) in [7, 11) is 0. The SMILES string of the molecule is CC(C)=CCC(C)[C@H](O)/C=C/[C@H]1[C@H](O)CC(Br)[C@@H]1CCCCCCC(=O)O. The summed E-state index contributed by atoms with van der Waals surface area (Å²) in [4.78, 5) is 10.8. The van der Waals surface area contributed by atoms with Crippen molar-refractivity contribution in [3.05, 3.63) is 23.8 Å². The summed E-state index contributed by atoms with van der Waals surface area (Å²) >= 11 is 3.72.